The summed E-state index contributed by atoms with van der Waals surface area (Å²) in [7, 11) is -0.943. The minimum Gasteiger partial charge on any atom is -0.303 e. The van der Waals surface area contributed by atoms with E-state index in [0.29, 0.717) is 0 Å². The van der Waals surface area contributed by atoms with Crippen LogP contribution in [0.1, 0.15) is 25.7 Å². The van der Waals surface area contributed by atoms with E-state index in [-0.39, 0.29) is 0 Å². The van der Waals surface area contributed by atoms with Crippen LogP contribution in [-0.4, -0.2) is 32.6 Å². The molecule has 0 radical (unpaired) electrons. The standard InChI is InChI=1S/C12H25NSi/c1-14(2,3)12-8-7-11-13-9-5-4-6-10-13/h8,12H,4-7,9-11H2,1-3H3/b12-8+. The maximum absolute atomic E-state index is 2.61. The Morgan fingerprint density at radius 3 is 2.29 bits per heavy atom. The van der Waals surface area contributed by atoms with Crippen LogP contribution in [0.25, 0.3) is 0 Å². The zero-order chi connectivity index (χ0) is 10.4. The Bertz CT molecular complexity index is 175. The molecule has 0 unspecified atom stereocenters. The molecule has 0 bridgehead atoms. The van der Waals surface area contributed by atoms with Gasteiger partial charge in [-0.2, -0.15) is 0 Å². The Balaban J connectivity index is 2.11. The number of hydrogen-bond donors (Lipinski definition) is 0. The van der Waals surface area contributed by atoms with Crippen LogP contribution in [-0.2, 0) is 0 Å². The fraction of sp³-hybridized carbons (Fsp3) is 0.833. The van der Waals surface area contributed by atoms with Crippen molar-refractivity contribution in [1.29, 1.82) is 0 Å². The molecule has 0 aromatic rings. The summed E-state index contributed by atoms with van der Waals surface area (Å²) in [6.07, 6.45) is 7.93. The lowest BCUT2D eigenvalue weighted by molar-refractivity contribution is 0.233. The molecule has 0 aliphatic carbocycles. The van der Waals surface area contributed by atoms with Gasteiger partial charge in [-0.25, -0.2) is 0 Å². The van der Waals surface area contributed by atoms with Gasteiger partial charge in [-0.1, -0.05) is 37.8 Å². The van der Waals surface area contributed by atoms with Gasteiger partial charge >= 0.3 is 0 Å². The van der Waals surface area contributed by atoms with Crippen molar-refractivity contribution < 1.29 is 0 Å². The van der Waals surface area contributed by atoms with E-state index in [1.54, 1.807) is 0 Å². The van der Waals surface area contributed by atoms with Crippen molar-refractivity contribution in [2.45, 2.75) is 45.3 Å². The van der Waals surface area contributed by atoms with Crippen LogP contribution in [0.4, 0.5) is 0 Å². The van der Waals surface area contributed by atoms with Crippen molar-refractivity contribution in [3.05, 3.63) is 11.8 Å². The van der Waals surface area contributed by atoms with Gasteiger partial charge < -0.3 is 4.90 Å². The maximum atomic E-state index is 2.61. The van der Waals surface area contributed by atoms with E-state index >= 15 is 0 Å². The number of hydrogen-bond acceptors (Lipinski definition) is 1. The molecular formula is C12H25NSi. The van der Waals surface area contributed by atoms with Crippen LogP contribution in [0.5, 0.6) is 0 Å². The highest BCUT2D eigenvalue weighted by atomic mass is 28.3. The second kappa shape index (κ2) is 5.71. The molecule has 1 heterocycles. The van der Waals surface area contributed by atoms with Gasteiger partial charge in [0.05, 0.1) is 8.07 Å². The van der Waals surface area contributed by atoms with Gasteiger partial charge in [0.25, 0.3) is 0 Å². The number of rotatable bonds is 4. The molecule has 0 amide bonds. The molecular weight excluding hydrogens is 186 g/mol. The predicted molar refractivity (Wildman–Crippen MR) is 67.4 cm³/mol. The third-order valence-electron chi connectivity index (χ3n) is 2.68. The smallest absolute Gasteiger partial charge is 0.0682 e. The van der Waals surface area contributed by atoms with Gasteiger partial charge in [0.2, 0.25) is 0 Å². The quantitative estimate of drug-likeness (QED) is 0.645. The van der Waals surface area contributed by atoms with Crippen LogP contribution in [0.2, 0.25) is 19.6 Å². The van der Waals surface area contributed by atoms with Gasteiger partial charge in [0.1, 0.15) is 0 Å². The van der Waals surface area contributed by atoms with Crippen molar-refractivity contribution in [3.63, 3.8) is 0 Å². The summed E-state index contributed by atoms with van der Waals surface area (Å²) in [6.45, 7) is 11.1. The van der Waals surface area contributed by atoms with Crippen molar-refractivity contribution in [3.8, 4) is 0 Å². The third kappa shape index (κ3) is 5.61. The zero-order valence-electron chi connectivity index (χ0n) is 10.1. The lowest BCUT2D eigenvalue weighted by atomic mass is 10.1. The predicted octanol–water partition coefficient (Wildman–Crippen LogP) is 3.30. The molecule has 1 aliphatic heterocycles. The molecule has 0 atom stereocenters. The first-order valence-electron chi connectivity index (χ1n) is 5.98. The molecule has 0 aromatic heterocycles. The van der Waals surface area contributed by atoms with Crippen molar-refractivity contribution in [1.82, 2.24) is 4.90 Å². The first-order chi connectivity index (χ1) is 6.58. The Labute approximate surface area is 90.2 Å². The minimum atomic E-state index is -0.943. The fourth-order valence-corrected chi connectivity index (χ4v) is 2.75. The van der Waals surface area contributed by atoms with Crippen LogP contribution >= 0.6 is 0 Å². The van der Waals surface area contributed by atoms with E-state index in [9.17, 15) is 0 Å². The Morgan fingerprint density at radius 1 is 1.07 bits per heavy atom. The second-order valence-corrected chi connectivity index (χ2v) is 10.5. The second-order valence-electron chi connectivity index (χ2n) is 5.46. The third-order valence-corrected chi connectivity index (χ3v) is 3.91. The minimum absolute atomic E-state index is 0.943. The Morgan fingerprint density at radius 2 is 1.71 bits per heavy atom. The topological polar surface area (TPSA) is 3.24 Å². The van der Waals surface area contributed by atoms with Crippen LogP contribution < -0.4 is 0 Å². The van der Waals surface area contributed by atoms with E-state index in [4.69, 9.17) is 0 Å². The summed E-state index contributed by atoms with van der Waals surface area (Å²) < 4.78 is 0. The molecule has 2 heteroatoms. The maximum Gasteiger partial charge on any atom is 0.0682 e. The van der Waals surface area contributed by atoms with E-state index in [2.05, 4.69) is 36.3 Å². The lowest BCUT2D eigenvalue weighted by Gasteiger charge is -2.25. The van der Waals surface area contributed by atoms with Crippen LogP contribution in [0.3, 0.4) is 0 Å². The highest BCUT2D eigenvalue weighted by Crippen LogP contribution is 2.09. The molecule has 14 heavy (non-hydrogen) atoms. The monoisotopic (exact) mass is 211 g/mol. The van der Waals surface area contributed by atoms with E-state index in [1.165, 1.54) is 45.3 Å². The van der Waals surface area contributed by atoms with Gasteiger partial charge in [-0.05, 0) is 32.4 Å². The molecule has 1 saturated heterocycles. The van der Waals surface area contributed by atoms with Crippen molar-refractivity contribution in [2.24, 2.45) is 0 Å². The van der Waals surface area contributed by atoms with E-state index in [0.717, 1.165) is 0 Å². The molecule has 0 aromatic carbocycles. The summed E-state index contributed by atoms with van der Waals surface area (Å²) in [5.41, 5.74) is 2.47. The van der Waals surface area contributed by atoms with Crippen LogP contribution in [0, 0.1) is 0 Å². The summed E-state index contributed by atoms with van der Waals surface area (Å²) >= 11 is 0. The molecule has 1 nitrogen and oxygen atoms in total. The summed E-state index contributed by atoms with van der Waals surface area (Å²) in [4.78, 5) is 2.61. The molecule has 1 rings (SSSR count). The molecule has 1 aliphatic rings. The Hall–Kier alpha value is -0.0831. The average Bonchev–Trinajstić information content (AvgIpc) is 2.13. The molecule has 0 spiro atoms. The van der Waals surface area contributed by atoms with E-state index in [1.807, 2.05) is 0 Å². The molecule has 1 fully saturated rings. The largest absolute Gasteiger partial charge is 0.303 e. The fourth-order valence-electron chi connectivity index (χ4n) is 1.88. The van der Waals surface area contributed by atoms with Crippen LogP contribution in [0.15, 0.2) is 11.8 Å². The Kier molecular flexibility index (Phi) is 4.89. The summed E-state index contributed by atoms with van der Waals surface area (Å²) in [6, 6.07) is 0. The first kappa shape index (κ1) is 12.0. The number of likely N-dealkylation sites (tertiary alicyclic amines) is 1. The van der Waals surface area contributed by atoms with Gasteiger partial charge in [0, 0.05) is 6.54 Å². The first-order valence-corrected chi connectivity index (χ1v) is 9.56. The SMILES string of the molecule is C[Si](C)(C)/C=C/CCN1CCCCC1. The highest BCUT2D eigenvalue weighted by molar-refractivity contribution is 6.80. The number of nitrogens with zero attached hydrogens (tertiary/aromatic N) is 1. The van der Waals surface area contributed by atoms with Crippen molar-refractivity contribution >= 4 is 8.07 Å². The molecule has 0 saturated carbocycles. The van der Waals surface area contributed by atoms with Gasteiger partial charge in [-0.15, -0.1) is 0 Å². The summed E-state index contributed by atoms with van der Waals surface area (Å²) in [5, 5.41) is 0. The van der Waals surface area contributed by atoms with Gasteiger partial charge in [0.15, 0.2) is 0 Å². The summed E-state index contributed by atoms with van der Waals surface area (Å²) in [5.74, 6) is 0. The highest BCUT2D eigenvalue weighted by Gasteiger charge is 2.09. The number of piperidine rings is 1. The molecule has 0 N–H and O–H groups in total. The molecule has 82 valence electrons. The van der Waals surface area contributed by atoms with Crippen molar-refractivity contribution in [2.75, 3.05) is 19.6 Å². The zero-order valence-corrected chi connectivity index (χ0v) is 11.1. The van der Waals surface area contributed by atoms with Gasteiger partial charge in [-0.3, -0.25) is 0 Å². The normalized spacial score (nSPS) is 20.5. The average molecular weight is 211 g/mol. The lowest BCUT2D eigenvalue weighted by Crippen LogP contribution is -2.30. The van der Waals surface area contributed by atoms with E-state index < -0.39 is 8.07 Å².